The summed E-state index contributed by atoms with van der Waals surface area (Å²) in [4.78, 5) is 35.6. The molecule has 0 atom stereocenters. The van der Waals surface area contributed by atoms with Gasteiger partial charge in [-0.25, -0.2) is 0 Å². The van der Waals surface area contributed by atoms with E-state index in [1.807, 2.05) is 60.6 Å². The first kappa shape index (κ1) is 42.7. The van der Waals surface area contributed by atoms with Crippen molar-refractivity contribution < 1.29 is 14.4 Å². The van der Waals surface area contributed by atoms with E-state index < -0.39 is 5.91 Å². The van der Waals surface area contributed by atoms with Gasteiger partial charge in [0.25, 0.3) is 0 Å². The molecule has 1 aliphatic heterocycles. The maximum atomic E-state index is 11.9. The second-order valence-electron chi connectivity index (χ2n) is 9.95. The fraction of sp³-hybridized carbons (Fsp3) is 0.553. The van der Waals surface area contributed by atoms with E-state index in [0.717, 1.165) is 37.9 Å². The number of nitrogens with two attached hydrogens (primary N) is 2. The second-order valence-corrected chi connectivity index (χ2v) is 9.95. The van der Waals surface area contributed by atoms with Crippen LogP contribution in [0.3, 0.4) is 0 Å². The molecule has 0 bridgehead atoms. The molecule has 4 rings (SSSR count). The highest BCUT2D eigenvalue weighted by molar-refractivity contribution is 5.96. The van der Waals surface area contributed by atoms with Gasteiger partial charge in [-0.05, 0) is 86.2 Å². The molecule has 0 spiro atoms. The lowest BCUT2D eigenvalue weighted by Crippen LogP contribution is -2.29. The molecule has 3 amide bonds. The molecule has 44 heavy (non-hydrogen) atoms. The van der Waals surface area contributed by atoms with Crippen LogP contribution in [0, 0.1) is 0 Å². The summed E-state index contributed by atoms with van der Waals surface area (Å²) in [5.41, 5.74) is 15.9. The van der Waals surface area contributed by atoms with E-state index in [9.17, 15) is 14.4 Å². The number of hydrogen-bond donors (Lipinski definition) is 2. The third-order valence-corrected chi connectivity index (χ3v) is 7.17. The van der Waals surface area contributed by atoms with E-state index >= 15 is 0 Å². The van der Waals surface area contributed by atoms with Crippen LogP contribution in [0.15, 0.2) is 48.5 Å². The van der Waals surface area contributed by atoms with Crippen LogP contribution in [-0.2, 0) is 11.2 Å². The topological polar surface area (TPSA) is 106 Å². The van der Waals surface area contributed by atoms with Crippen molar-refractivity contribution in [2.45, 2.75) is 133 Å². The molecule has 6 heteroatoms. The smallest absolute Gasteiger partial charge is 0.248 e. The van der Waals surface area contributed by atoms with E-state index in [4.69, 9.17) is 11.5 Å². The minimum absolute atomic E-state index is 0.161. The van der Waals surface area contributed by atoms with E-state index in [1.165, 1.54) is 55.2 Å². The lowest BCUT2D eigenvalue weighted by molar-refractivity contribution is -0.118. The summed E-state index contributed by atoms with van der Waals surface area (Å²) in [6, 6.07) is 12.5. The van der Waals surface area contributed by atoms with Crippen LogP contribution in [0.2, 0.25) is 0 Å². The van der Waals surface area contributed by atoms with E-state index in [-0.39, 0.29) is 11.8 Å². The van der Waals surface area contributed by atoms with Crippen molar-refractivity contribution in [3.05, 3.63) is 70.8 Å². The fourth-order valence-corrected chi connectivity index (χ4v) is 4.70. The van der Waals surface area contributed by atoms with Gasteiger partial charge in [0.15, 0.2) is 0 Å². The maximum Gasteiger partial charge on any atom is 0.248 e. The van der Waals surface area contributed by atoms with Gasteiger partial charge < -0.3 is 16.4 Å². The predicted octanol–water partition coefficient (Wildman–Crippen LogP) is 9.88. The van der Waals surface area contributed by atoms with Gasteiger partial charge in [-0.2, -0.15) is 0 Å². The zero-order valence-corrected chi connectivity index (χ0v) is 29.4. The molecule has 1 saturated heterocycles. The number of hydrogen-bond acceptors (Lipinski definition) is 3. The number of aryl methyl sites for hydroxylation is 1. The van der Waals surface area contributed by atoms with Crippen molar-refractivity contribution in [1.29, 1.82) is 0 Å². The second kappa shape index (κ2) is 27.2. The molecule has 2 aromatic rings. The molecule has 2 aromatic carbocycles. The van der Waals surface area contributed by atoms with Gasteiger partial charge in [0.2, 0.25) is 17.7 Å². The van der Waals surface area contributed by atoms with Crippen molar-refractivity contribution in [3.8, 4) is 0 Å². The van der Waals surface area contributed by atoms with Crippen LogP contribution in [0.25, 0.3) is 5.57 Å². The molecule has 1 heterocycles. The van der Waals surface area contributed by atoms with Crippen LogP contribution in [0.1, 0.15) is 158 Å². The highest BCUT2D eigenvalue weighted by Crippen LogP contribution is 2.22. The zero-order valence-electron chi connectivity index (χ0n) is 29.4. The average molecular weight is 610 g/mol. The van der Waals surface area contributed by atoms with Crippen LogP contribution in [0.4, 0.5) is 5.69 Å². The first-order valence-electron chi connectivity index (χ1n) is 17.0. The molecule has 2 fully saturated rings. The van der Waals surface area contributed by atoms with E-state index in [1.54, 1.807) is 35.2 Å². The first-order valence-corrected chi connectivity index (χ1v) is 17.0. The van der Waals surface area contributed by atoms with Gasteiger partial charge in [-0.15, -0.1) is 0 Å². The first-order chi connectivity index (χ1) is 21.3. The molecule has 1 saturated carbocycles. The SMILES string of the molecule is C/C=C(/C)c1ccc(C(N)=O)cc1CC.C1CCCCC1.CC.CC.CC.NC(=O)c1ccc(N2CCCCCC2=O)cc1. The Morgan fingerprint density at radius 1 is 0.727 bits per heavy atom. The number of allylic oxidation sites excluding steroid dienone is 2. The highest BCUT2D eigenvalue weighted by atomic mass is 16.2. The van der Waals surface area contributed by atoms with Crippen molar-refractivity contribution in [2.75, 3.05) is 11.4 Å². The number of anilines is 1. The van der Waals surface area contributed by atoms with Crippen molar-refractivity contribution in [1.82, 2.24) is 0 Å². The standard InChI is InChI=1S/C13H16N2O2.C13H17NO.C6H12.3C2H6/c14-13(17)10-5-7-11(8-6-10)15-9-3-1-2-4-12(15)16;1-4-9(3)12-7-6-11(13(14)15)8-10(12)5-2;1-2-4-6-5-3-1;3*1-2/h5-8H,1-4,9H2,(H2,14,17);4,6-8H,5H2,1-3H3,(H2,14,15);1-6H2;3*1-2H3/b;9-4-;;;;. The molecular formula is C38H63N3O3. The van der Waals surface area contributed by atoms with E-state index in [2.05, 4.69) is 19.9 Å². The molecule has 0 unspecified atom stereocenters. The van der Waals surface area contributed by atoms with E-state index in [0.29, 0.717) is 17.5 Å². The largest absolute Gasteiger partial charge is 0.366 e. The normalized spacial score (nSPS) is 14.1. The highest BCUT2D eigenvalue weighted by Gasteiger charge is 2.18. The van der Waals surface area contributed by atoms with Gasteiger partial charge in [-0.1, -0.05) is 106 Å². The number of rotatable bonds is 5. The minimum atomic E-state index is -0.446. The van der Waals surface area contributed by atoms with Gasteiger partial charge in [-0.3, -0.25) is 14.4 Å². The average Bonchev–Trinajstić information content (AvgIpc) is 3.32. The monoisotopic (exact) mass is 609 g/mol. The third kappa shape index (κ3) is 16.4. The van der Waals surface area contributed by atoms with Crippen molar-refractivity contribution in [3.63, 3.8) is 0 Å². The molecule has 4 N–H and O–H groups in total. The van der Waals surface area contributed by atoms with Gasteiger partial charge in [0, 0.05) is 29.8 Å². The Hall–Kier alpha value is -3.41. The van der Waals surface area contributed by atoms with Crippen molar-refractivity contribution >= 4 is 29.0 Å². The summed E-state index contributed by atoms with van der Waals surface area (Å²) >= 11 is 0. The molecule has 0 radical (unpaired) electrons. The van der Waals surface area contributed by atoms with Gasteiger partial charge in [0.05, 0.1) is 0 Å². The Labute approximate surface area is 269 Å². The number of carbonyl (C=O) groups excluding carboxylic acids is 3. The molecule has 6 nitrogen and oxygen atoms in total. The summed E-state index contributed by atoms with van der Waals surface area (Å²) in [5, 5.41) is 0. The zero-order chi connectivity index (χ0) is 33.9. The third-order valence-electron chi connectivity index (χ3n) is 7.17. The number of carbonyl (C=O) groups is 3. The Bertz CT molecular complexity index is 1080. The van der Waals surface area contributed by atoms with Crippen LogP contribution in [0.5, 0.6) is 0 Å². The molecule has 2 aliphatic rings. The summed E-state index contributed by atoms with van der Waals surface area (Å²) in [6.45, 7) is 18.9. The Morgan fingerprint density at radius 2 is 1.18 bits per heavy atom. The number of amides is 3. The number of benzene rings is 2. The molecule has 0 aromatic heterocycles. The predicted molar refractivity (Wildman–Crippen MR) is 191 cm³/mol. The maximum absolute atomic E-state index is 11.9. The summed E-state index contributed by atoms with van der Waals surface area (Å²) < 4.78 is 0. The van der Waals surface area contributed by atoms with Crippen LogP contribution < -0.4 is 16.4 Å². The number of nitrogens with zero attached hydrogens (tertiary/aromatic N) is 1. The number of primary amides is 2. The molecule has 1 aliphatic carbocycles. The quantitative estimate of drug-likeness (QED) is 0.352. The van der Waals surface area contributed by atoms with Crippen LogP contribution >= 0.6 is 0 Å². The molecule has 248 valence electrons. The summed E-state index contributed by atoms with van der Waals surface area (Å²) in [7, 11) is 0. The van der Waals surface area contributed by atoms with Gasteiger partial charge in [0.1, 0.15) is 0 Å². The Morgan fingerprint density at radius 3 is 1.61 bits per heavy atom. The Balaban J connectivity index is 0. The lowest BCUT2D eigenvalue weighted by atomic mass is 9.96. The molecular weight excluding hydrogens is 546 g/mol. The van der Waals surface area contributed by atoms with Crippen LogP contribution in [-0.4, -0.2) is 24.3 Å². The summed E-state index contributed by atoms with van der Waals surface area (Å²) in [6.07, 6.45) is 15.7. The fourth-order valence-electron chi connectivity index (χ4n) is 4.70. The van der Waals surface area contributed by atoms with Crippen molar-refractivity contribution in [2.24, 2.45) is 11.5 Å². The minimum Gasteiger partial charge on any atom is -0.366 e. The van der Waals surface area contributed by atoms with Gasteiger partial charge >= 0.3 is 0 Å². The lowest BCUT2D eigenvalue weighted by Gasteiger charge is -2.20. The summed E-state index contributed by atoms with van der Waals surface area (Å²) in [5.74, 6) is -0.651. The Kier molecular flexibility index (Phi) is 26.4.